The van der Waals surface area contributed by atoms with Gasteiger partial charge in [-0.15, -0.1) is 0 Å². The second kappa shape index (κ2) is 3.69. The number of hydrogen-bond acceptors (Lipinski definition) is 0. The molecule has 0 aromatic rings. The van der Waals surface area contributed by atoms with Crippen molar-refractivity contribution in [2.24, 2.45) is 0 Å². The zero-order valence-corrected chi connectivity index (χ0v) is 7.60. The molecule has 0 spiro atoms. The molecule has 8 heavy (non-hydrogen) atoms. The Balaban J connectivity index is 3.11. The molecule has 0 nitrogen and oxygen atoms in total. The summed E-state index contributed by atoms with van der Waals surface area (Å²) in [4.78, 5) is 0. The predicted octanol–water partition coefficient (Wildman–Crippen LogP) is 3.22. The highest BCUT2D eigenvalue weighted by molar-refractivity contribution is 7.97. The molecule has 0 amide bonds. The highest BCUT2D eigenvalue weighted by Gasteiger charge is 2.19. The van der Waals surface area contributed by atoms with Crippen molar-refractivity contribution in [3.63, 3.8) is 0 Å². The van der Waals surface area contributed by atoms with Crippen LogP contribution < -0.4 is 0 Å². The molecular formula is C6H15ClP+. The third kappa shape index (κ3) is 6.72. The summed E-state index contributed by atoms with van der Waals surface area (Å²) in [6.07, 6.45) is 3.81. The van der Waals surface area contributed by atoms with Crippen LogP contribution in [-0.4, -0.2) is 19.5 Å². The molecule has 0 aromatic heterocycles. The van der Waals surface area contributed by atoms with Crippen LogP contribution in [0.25, 0.3) is 0 Å². The van der Waals surface area contributed by atoms with Gasteiger partial charge in [0.15, 0.2) is 0 Å². The van der Waals surface area contributed by atoms with Gasteiger partial charge in [-0.3, -0.25) is 0 Å². The molecule has 0 aliphatic heterocycles. The first kappa shape index (κ1) is 8.72. The van der Waals surface area contributed by atoms with Crippen molar-refractivity contribution in [3.8, 4) is 0 Å². The van der Waals surface area contributed by atoms with Crippen molar-refractivity contribution in [2.75, 3.05) is 19.5 Å². The third-order valence-electron chi connectivity index (χ3n) is 1.04. The highest BCUT2D eigenvalue weighted by atomic mass is 35.7. The predicted molar refractivity (Wildman–Crippen MR) is 44.4 cm³/mol. The molecule has 0 unspecified atom stereocenters. The fraction of sp³-hybridized carbons (Fsp3) is 1.00. The monoisotopic (exact) mass is 153 g/mol. The topological polar surface area (TPSA) is 0 Å². The Labute approximate surface area is 57.7 Å². The molecule has 2 heteroatoms. The number of hydrogen-bond donors (Lipinski definition) is 0. The van der Waals surface area contributed by atoms with Gasteiger partial charge < -0.3 is 0 Å². The van der Waals surface area contributed by atoms with E-state index in [4.69, 9.17) is 11.2 Å². The first-order valence-electron chi connectivity index (χ1n) is 3.09. The molecular weight excluding hydrogens is 138 g/mol. The summed E-state index contributed by atoms with van der Waals surface area (Å²) >= 11 is 6.02. The molecule has 0 heterocycles. The normalized spacial score (nSPS) is 12.0. The van der Waals surface area contributed by atoms with Crippen LogP contribution in [0.15, 0.2) is 0 Å². The van der Waals surface area contributed by atoms with Crippen molar-refractivity contribution in [1.82, 2.24) is 0 Å². The largest absolute Gasteiger partial charge is 0.107 e. The van der Waals surface area contributed by atoms with E-state index in [0.717, 1.165) is 0 Å². The molecule has 0 rings (SSSR count). The quantitative estimate of drug-likeness (QED) is 0.547. The van der Waals surface area contributed by atoms with Gasteiger partial charge in [0.05, 0.1) is 30.7 Å². The molecule has 0 N–H and O–H groups in total. The first-order chi connectivity index (χ1) is 3.56. The Hall–Kier alpha value is 0.720. The maximum Gasteiger partial charge on any atom is 0.107 e. The molecule has 0 aromatic carbocycles. The summed E-state index contributed by atoms with van der Waals surface area (Å²) in [7, 11) is 0. The number of unbranched alkanes of at least 4 members (excludes halogenated alkanes) is 1. The standard InChI is InChI=1S/C6H15ClP/c1-4-5-6-8(2,3)7/h4-6H2,1-3H3/q+1. The van der Waals surface area contributed by atoms with Gasteiger partial charge in [0, 0.05) is 0 Å². The van der Waals surface area contributed by atoms with E-state index in [1.54, 1.807) is 0 Å². The minimum Gasteiger partial charge on any atom is -0.0652 e. The van der Waals surface area contributed by atoms with Gasteiger partial charge in [0.1, 0.15) is 6.62 Å². The Kier molecular flexibility index (Phi) is 4.02. The average molecular weight is 154 g/mol. The minimum atomic E-state index is -0.960. The van der Waals surface area contributed by atoms with Gasteiger partial charge in [-0.1, -0.05) is 13.3 Å². The Morgan fingerprint density at radius 1 is 1.38 bits per heavy atom. The van der Waals surface area contributed by atoms with Crippen molar-refractivity contribution < 1.29 is 0 Å². The summed E-state index contributed by atoms with van der Waals surface area (Å²) in [6, 6.07) is 0. The van der Waals surface area contributed by atoms with Gasteiger partial charge in [-0.05, 0) is 6.42 Å². The van der Waals surface area contributed by atoms with Gasteiger partial charge in [0.2, 0.25) is 0 Å². The molecule has 0 radical (unpaired) electrons. The van der Waals surface area contributed by atoms with Crippen LogP contribution in [0.5, 0.6) is 0 Å². The molecule has 0 bridgehead atoms. The van der Waals surface area contributed by atoms with Crippen LogP contribution in [0.3, 0.4) is 0 Å². The van der Waals surface area contributed by atoms with E-state index < -0.39 is 6.62 Å². The van der Waals surface area contributed by atoms with Crippen LogP contribution in [0.1, 0.15) is 19.8 Å². The highest BCUT2D eigenvalue weighted by Crippen LogP contribution is 2.57. The molecule has 50 valence electrons. The fourth-order valence-electron chi connectivity index (χ4n) is 0.534. The maximum atomic E-state index is 6.02. The fourth-order valence-corrected chi connectivity index (χ4v) is 1.96. The molecule has 0 atom stereocenters. The van der Waals surface area contributed by atoms with Crippen LogP contribution in [0, 0.1) is 0 Å². The van der Waals surface area contributed by atoms with Gasteiger partial charge in [0.25, 0.3) is 0 Å². The van der Waals surface area contributed by atoms with Crippen LogP contribution >= 0.6 is 17.9 Å². The van der Waals surface area contributed by atoms with E-state index in [1.807, 2.05) is 0 Å². The number of rotatable bonds is 3. The summed E-state index contributed by atoms with van der Waals surface area (Å²) in [5, 5.41) is 0. The van der Waals surface area contributed by atoms with Crippen LogP contribution in [-0.2, 0) is 0 Å². The van der Waals surface area contributed by atoms with Crippen molar-refractivity contribution in [3.05, 3.63) is 0 Å². The summed E-state index contributed by atoms with van der Waals surface area (Å²) in [5.41, 5.74) is 0. The zero-order valence-electron chi connectivity index (χ0n) is 5.95. The lowest BCUT2D eigenvalue weighted by Gasteiger charge is -2.04. The second-order valence-corrected chi connectivity index (χ2v) is 8.88. The molecule has 0 aliphatic carbocycles. The van der Waals surface area contributed by atoms with Crippen LogP contribution in [0.4, 0.5) is 0 Å². The Bertz CT molecular complexity index is 56.0. The van der Waals surface area contributed by atoms with E-state index in [0.29, 0.717) is 0 Å². The average Bonchev–Trinajstić information content (AvgIpc) is 1.59. The number of halogens is 1. The summed E-state index contributed by atoms with van der Waals surface area (Å²) in [5.74, 6) is 0. The van der Waals surface area contributed by atoms with Gasteiger partial charge in [-0.25, -0.2) is 0 Å². The zero-order chi connectivity index (χ0) is 6.62. The summed E-state index contributed by atoms with van der Waals surface area (Å²) < 4.78 is 0. The Morgan fingerprint density at radius 2 is 1.88 bits per heavy atom. The molecule has 0 saturated heterocycles. The van der Waals surface area contributed by atoms with Gasteiger partial charge >= 0.3 is 0 Å². The second-order valence-electron chi connectivity index (χ2n) is 2.61. The SMILES string of the molecule is CCCC[P+](C)(C)Cl. The lowest BCUT2D eigenvalue weighted by atomic mass is 10.4. The molecule has 0 saturated carbocycles. The van der Waals surface area contributed by atoms with E-state index >= 15 is 0 Å². The smallest absolute Gasteiger partial charge is 0.0652 e. The van der Waals surface area contributed by atoms with Crippen molar-refractivity contribution >= 4 is 17.9 Å². The van der Waals surface area contributed by atoms with E-state index in [9.17, 15) is 0 Å². The van der Waals surface area contributed by atoms with Gasteiger partial charge in [-0.2, -0.15) is 0 Å². The van der Waals surface area contributed by atoms with E-state index in [-0.39, 0.29) is 0 Å². The molecule has 0 aliphatic rings. The van der Waals surface area contributed by atoms with Crippen molar-refractivity contribution in [2.45, 2.75) is 19.8 Å². The van der Waals surface area contributed by atoms with E-state index in [2.05, 4.69) is 20.3 Å². The van der Waals surface area contributed by atoms with Crippen LogP contribution in [0.2, 0.25) is 0 Å². The minimum absolute atomic E-state index is 0.960. The maximum absolute atomic E-state index is 6.02. The lowest BCUT2D eigenvalue weighted by Crippen LogP contribution is -1.85. The Morgan fingerprint density at radius 3 is 2.00 bits per heavy atom. The summed E-state index contributed by atoms with van der Waals surface area (Å²) in [6.45, 7) is 5.58. The first-order valence-corrected chi connectivity index (χ1v) is 6.86. The van der Waals surface area contributed by atoms with Crippen molar-refractivity contribution in [1.29, 1.82) is 0 Å². The third-order valence-corrected chi connectivity index (χ3v) is 2.93. The lowest BCUT2D eigenvalue weighted by molar-refractivity contribution is 0.891. The molecule has 0 fully saturated rings. The van der Waals surface area contributed by atoms with E-state index in [1.165, 1.54) is 19.0 Å².